The molecule has 11 nitrogen and oxygen atoms in total. The summed E-state index contributed by atoms with van der Waals surface area (Å²) in [7, 11) is 0. The summed E-state index contributed by atoms with van der Waals surface area (Å²) in [4.78, 5) is 47.2. The number of thiazole rings is 1. The summed E-state index contributed by atoms with van der Waals surface area (Å²) < 4.78 is 5.40. The lowest BCUT2D eigenvalue weighted by Gasteiger charge is -2.30. The van der Waals surface area contributed by atoms with Gasteiger partial charge in [-0.05, 0) is 18.9 Å². The minimum absolute atomic E-state index is 0.124. The van der Waals surface area contributed by atoms with Crippen molar-refractivity contribution in [2.75, 3.05) is 5.32 Å². The van der Waals surface area contributed by atoms with Crippen molar-refractivity contribution in [2.24, 2.45) is 5.73 Å². The van der Waals surface area contributed by atoms with Gasteiger partial charge in [0.2, 0.25) is 17.7 Å². The van der Waals surface area contributed by atoms with Crippen LogP contribution in [0.4, 0.5) is 5.13 Å². The van der Waals surface area contributed by atoms with Crippen molar-refractivity contribution in [2.45, 2.75) is 63.8 Å². The van der Waals surface area contributed by atoms with Crippen LogP contribution in [0.2, 0.25) is 0 Å². The zero-order chi connectivity index (χ0) is 24.1. The fourth-order valence-corrected chi connectivity index (χ4v) is 4.91. The maximum atomic E-state index is 12.4. The molecule has 4 rings (SSSR count). The predicted molar refractivity (Wildman–Crippen MR) is 125 cm³/mol. The molecule has 0 radical (unpaired) electrons. The number of carbonyl (C=O) groups excluding carboxylic acids is 3. The van der Waals surface area contributed by atoms with Gasteiger partial charge in [-0.3, -0.25) is 14.4 Å². The molecule has 180 valence electrons. The van der Waals surface area contributed by atoms with Gasteiger partial charge in [0.25, 0.3) is 5.91 Å². The molecular formula is C22H27N7O4S. The van der Waals surface area contributed by atoms with Crippen molar-refractivity contribution >= 4 is 34.2 Å². The van der Waals surface area contributed by atoms with Crippen molar-refractivity contribution in [1.82, 2.24) is 25.4 Å². The normalized spacial score (nSPS) is 15.4. The number of aryl methyl sites for hydroxylation is 1. The van der Waals surface area contributed by atoms with Crippen LogP contribution >= 0.6 is 11.3 Å². The quantitative estimate of drug-likeness (QED) is 0.355. The van der Waals surface area contributed by atoms with Crippen LogP contribution in [0.1, 0.15) is 74.1 Å². The Morgan fingerprint density at radius 3 is 2.65 bits per heavy atom. The maximum Gasteiger partial charge on any atom is 0.265 e. The van der Waals surface area contributed by atoms with Crippen LogP contribution in [-0.2, 0) is 21.5 Å². The van der Waals surface area contributed by atoms with Gasteiger partial charge in [-0.25, -0.2) is 4.98 Å². The number of aromatic nitrogens is 4. The second kappa shape index (κ2) is 10.2. The van der Waals surface area contributed by atoms with E-state index in [9.17, 15) is 14.4 Å². The number of primary amides is 1. The molecule has 0 aliphatic heterocycles. The third-order valence-electron chi connectivity index (χ3n) is 5.83. The number of H-pyrrole nitrogens is 1. The molecule has 3 aromatic heterocycles. The first-order valence-electron chi connectivity index (χ1n) is 11.2. The molecule has 1 aliphatic carbocycles. The summed E-state index contributed by atoms with van der Waals surface area (Å²) in [6, 6.07) is 1.61. The Morgan fingerprint density at radius 2 is 1.97 bits per heavy atom. The molecule has 34 heavy (non-hydrogen) atoms. The number of rotatable bonds is 8. The Labute approximate surface area is 199 Å². The van der Waals surface area contributed by atoms with Crippen LogP contribution in [0.3, 0.4) is 0 Å². The van der Waals surface area contributed by atoms with Gasteiger partial charge in [0.15, 0.2) is 11.0 Å². The maximum absolute atomic E-state index is 12.4. The zero-order valence-electron chi connectivity index (χ0n) is 18.8. The van der Waals surface area contributed by atoms with Crippen LogP contribution in [0.15, 0.2) is 22.2 Å². The van der Waals surface area contributed by atoms with E-state index in [4.69, 9.17) is 10.3 Å². The average Bonchev–Trinajstić information content (AvgIpc) is 3.52. The molecule has 0 spiro atoms. The van der Waals surface area contributed by atoms with Crippen LogP contribution < -0.4 is 16.4 Å². The Morgan fingerprint density at radius 1 is 1.21 bits per heavy atom. The van der Waals surface area contributed by atoms with Gasteiger partial charge in [-0.15, -0.1) is 11.3 Å². The van der Waals surface area contributed by atoms with Gasteiger partial charge in [-0.2, -0.15) is 4.98 Å². The van der Waals surface area contributed by atoms with Crippen LogP contribution in [0, 0.1) is 0 Å². The minimum atomic E-state index is -0.615. The standard InChI is InChI=1S/C22H27N7O4S/c1-13(30)28-22(8-4-2-3-5-9-22)20-27-18(33-29-20)7-6-17(31)26-21-25-16(12-34-21)14-10-15(19(23)32)24-11-14/h10-12,24H,2-9H2,1H3,(H2,23,32)(H,28,30)(H,25,26,31). The molecule has 0 bridgehead atoms. The number of aromatic amines is 1. The first-order valence-corrected chi connectivity index (χ1v) is 12.1. The highest BCUT2D eigenvalue weighted by Crippen LogP contribution is 2.34. The molecule has 1 saturated carbocycles. The highest BCUT2D eigenvalue weighted by molar-refractivity contribution is 7.14. The summed E-state index contributed by atoms with van der Waals surface area (Å²) in [5, 5.41) is 12.2. The molecular weight excluding hydrogens is 458 g/mol. The van der Waals surface area contributed by atoms with E-state index in [1.807, 2.05) is 0 Å². The summed E-state index contributed by atoms with van der Waals surface area (Å²) in [6.45, 7) is 1.49. The first-order chi connectivity index (χ1) is 16.3. The molecule has 5 N–H and O–H groups in total. The van der Waals surface area contributed by atoms with E-state index in [0.717, 1.165) is 38.5 Å². The Bertz CT molecular complexity index is 1170. The number of hydrogen-bond acceptors (Lipinski definition) is 8. The molecule has 3 heterocycles. The topological polar surface area (TPSA) is 169 Å². The van der Waals surface area contributed by atoms with E-state index in [2.05, 4.69) is 30.7 Å². The molecule has 12 heteroatoms. The van der Waals surface area contributed by atoms with E-state index in [-0.39, 0.29) is 30.3 Å². The minimum Gasteiger partial charge on any atom is -0.364 e. The molecule has 3 aromatic rings. The van der Waals surface area contributed by atoms with Gasteiger partial charge >= 0.3 is 0 Å². The third kappa shape index (κ3) is 5.50. The first kappa shape index (κ1) is 23.6. The molecule has 1 fully saturated rings. The highest BCUT2D eigenvalue weighted by Gasteiger charge is 2.38. The lowest BCUT2D eigenvalue weighted by atomic mass is 9.89. The number of amides is 3. The average molecular weight is 486 g/mol. The number of nitrogens with two attached hydrogens (primary N) is 1. The molecule has 0 aromatic carbocycles. The second-order valence-corrected chi connectivity index (χ2v) is 9.30. The highest BCUT2D eigenvalue weighted by atomic mass is 32.1. The fraction of sp³-hybridized carbons (Fsp3) is 0.455. The van der Waals surface area contributed by atoms with E-state index in [1.54, 1.807) is 17.6 Å². The van der Waals surface area contributed by atoms with Gasteiger partial charge in [0.05, 0.1) is 5.69 Å². The number of nitrogens with zero attached hydrogens (tertiary/aromatic N) is 3. The van der Waals surface area contributed by atoms with Gasteiger partial charge < -0.3 is 25.9 Å². The van der Waals surface area contributed by atoms with E-state index >= 15 is 0 Å². The van der Waals surface area contributed by atoms with E-state index < -0.39 is 11.4 Å². The Balaban J connectivity index is 1.35. The largest absolute Gasteiger partial charge is 0.364 e. The van der Waals surface area contributed by atoms with Crippen molar-refractivity contribution in [1.29, 1.82) is 0 Å². The SMILES string of the molecule is CC(=O)NC1(c2noc(CCC(=O)Nc3nc(-c4c[nH]c(C(N)=O)c4)cs3)n2)CCCCCC1. The monoisotopic (exact) mass is 485 g/mol. The van der Waals surface area contributed by atoms with Crippen molar-refractivity contribution < 1.29 is 18.9 Å². The van der Waals surface area contributed by atoms with Crippen LogP contribution in [-0.4, -0.2) is 37.8 Å². The summed E-state index contributed by atoms with van der Waals surface area (Å²) in [5.41, 5.74) is 6.26. The Hall–Kier alpha value is -3.54. The van der Waals surface area contributed by atoms with E-state index in [1.165, 1.54) is 18.3 Å². The summed E-state index contributed by atoms with van der Waals surface area (Å²) in [6.07, 6.45) is 7.76. The van der Waals surface area contributed by atoms with Gasteiger partial charge in [0, 0.05) is 36.9 Å². The zero-order valence-corrected chi connectivity index (χ0v) is 19.7. The summed E-state index contributed by atoms with van der Waals surface area (Å²) in [5.74, 6) is -0.0857. The smallest absolute Gasteiger partial charge is 0.265 e. The fourth-order valence-electron chi connectivity index (χ4n) is 4.17. The number of anilines is 1. The molecule has 0 atom stereocenters. The number of nitrogens with one attached hydrogen (secondary N) is 3. The predicted octanol–water partition coefficient (Wildman–Crippen LogP) is 2.88. The van der Waals surface area contributed by atoms with Crippen molar-refractivity contribution in [3.63, 3.8) is 0 Å². The number of carbonyl (C=O) groups is 3. The molecule has 1 aliphatic rings. The lowest BCUT2D eigenvalue weighted by molar-refractivity contribution is -0.121. The molecule has 0 saturated heterocycles. The van der Waals surface area contributed by atoms with Crippen LogP contribution in [0.5, 0.6) is 0 Å². The van der Waals surface area contributed by atoms with Crippen molar-refractivity contribution in [3.05, 3.63) is 35.1 Å². The van der Waals surface area contributed by atoms with Crippen molar-refractivity contribution in [3.8, 4) is 11.3 Å². The van der Waals surface area contributed by atoms with Crippen LogP contribution in [0.25, 0.3) is 11.3 Å². The summed E-state index contributed by atoms with van der Waals surface area (Å²) >= 11 is 1.28. The third-order valence-corrected chi connectivity index (χ3v) is 6.59. The van der Waals surface area contributed by atoms with E-state index in [0.29, 0.717) is 28.1 Å². The molecule has 0 unspecified atom stereocenters. The lowest BCUT2D eigenvalue weighted by Crippen LogP contribution is -2.45. The second-order valence-electron chi connectivity index (χ2n) is 8.44. The van der Waals surface area contributed by atoms with Gasteiger partial charge in [0.1, 0.15) is 11.2 Å². The van der Waals surface area contributed by atoms with Gasteiger partial charge in [-0.1, -0.05) is 30.8 Å². The Kier molecular flexibility index (Phi) is 7.06. The molecule has 3 amide bonds. The number of hydrogen-bond donors (Lipinski definition) is 4.